The summed E-state index contributed by atoms with van der Waals surface area (Å²) in [5.74, 6) is -2.27. The van der Waals surface area contributed by atoms with E-state index < -0.39 is 33.8 Å². The monoisotopic (exact) mass is 377 g/mol. The molecule has 0 heterocycles. The Bertz CT molecular complexity index is 769. The molecule has 2 N–H and O–H groups in total. The lowest BCUT2D eigenvalue weighted by Crippen LogP contribution is -2.31. The smallest absolute Gasteiger partial charge is 0.478 e. The van der Waals surface area contributed by atoms with E-state index in [0.29, 0.717) is 5.56 Å². The summed E-state index contributed by atoms with van der Waals surface area (Å²) in [7, 11) is -5.30. The third-order valence-corrected chi connectivity index (χ3v) is 3.24. The Morgan fingerprint density at radius 2 is 1.88 bits per heavy atom. The van der Waals surface area contributed by atoms with Gasteiger partial charge in [0.1, 0.15) is 11.4 Å². The maximum atomic E-state index is 12.8. The summed E-state index contributed by atoms with van der Waals surface area (Å²) < 4.78 is 43.4. The van der Waals surface area contributed by atoms with Crippen molar-refractivity contribution in [1.82, 2.24) is 5.32 Å². The van der Waals surface area contributed by atoms with Crippen molar-refractivity contribution in [2.75, 3.05) is 6.54 Å². The van der Waals surface area contributed by atoms with Crippen LogP contribution in [-0.2, 0) is 26.6 Å². The van der Waals surface area contributed by atoms with E-state index in [9.17, 15) is 21.9 Å². The number of carbonyl (C=O) groups excluding carboxylic acids is 1. The molecule has 0 aliphatic carbocycles. The molecule has 0 aliphatic rings. The minimum atomic E-state index is -5.30. The number of halogens is 1. The van der Waals surface area contributed by atoms with E-state index in [4.69, 9.17) is 9.84 Å². The summed E-state index contributed by atoms with van der Waals surface area (Å²) in [6.07, 6.45) is 0. The molecule has 10 heteroatoms. The van der Waals surface area contributed by atoms with Gasteiger partial charge in [-0.3, -0.25) is 4.79 Å². The zero-order valence-corrected chi connectivity index (χ0v) is 15.1. The highest BCUT2D eigenvalue weighted by atomic mass is 32.3. The Balaban J connectivity index is 2.93. The Kier molecular flexibility index (Phi) is 6.49. The molecule has 0 saturated heterocycles. The summed E-state index contributed by atoms with van der Waals surface area (Å²) >= 11 is 0. The number of carboxylic acid groups (broad SMARTS) is 1. The number of carbonyl (C=O) groups is 2. The fourth-order valence-electron chi connectivity index (χ4n) is 1.95. The molecule has 1 rings (SSSR count). The first-order valence-electron chi connectivity index (χ1n) is 7.22. The number of carboxylic acids is 1. The molecule has 1 aromatic rings. The Morgan fingerprint density at radius 1 is 1.28 bits per heavy atom. The van der Waals surface area contributed by atoms with Gasteiger partial charge in [-0.15, -0.1) is 0 Å². The summed E-state index contributed by atoms with van der Waals surface area (Å²) in [6.45, 7) is 6.30. The molecule has 0 aromatic heterocycles. The number of benzene rings is 1. The third-order valence-electron chi connectivity index (χ3n) is 2.86. The van der Waals surface area contributed by atoms with Crippen LogP contribution in [0, 0.1) is 6.92 Å². The van der Waals surface area contributed by atoms with Crippen molar-refractivity contribution in [1.29, 1.82) is 0 Å². The minimum Gasteiger partial charge on any atom is -0.478 e. The second-order valence-electron chi connectivity index (χ2n) is 6.24. The van der Waals surface area contributed by atoms with Gasteiger partial charge in [-0.2, -0.15) is 8.42 Å². The van der Waals surface area contributed by atoms with Gasteiger partial charge in [-0.1, -0.05) is 3.89 Å². The fraction of sp³-hybridized carbons (Fsp3) is 0.467. The van der Waals surface area contributed by atoms with Crippen LogP contribution < -0.4 is 9.50 Å². The number of hydrogen-bond donors (Lipinski definition) is 2. The normalized spacial score (nSPS) is 11.9. The lowest BCUT2D eigenvalue weighted by molar-refractivity contribution is -0.153. The van der Waals surface area contributed by atoms with Crippen LogP contribution in [-0.4, -0.2) is 37.6 Å². The number of rotatable bonds is 7. The van der Waals surface area contributed by atoms with Gasteiger partial charge in [0.05, 0.1) is 12.1 Å². The zero-order chi connectivity index (χ0) is 19.4. The standard InChI is InChI=1S/C15H20FNO7S/c1-9-11(14(19)20)5-10(6-12(9)24-25(16,21)22)7-17-8-13(18)23-15(2,3)4/h5-6,17H,7-8H2,1-4H3,(H,19,20). The van der Waals surface area contributed by atoms with Crippen LogP contribution in [0.3, 0.4) is 0 Å². The number of nitrogens with one attached hydrogen (secondary N) is 1. The van der Waals surface area contributed by atoms with Crippen LogP contribution in [0.4, 0.5) is 3.89 Å². The lowest BCUT2D eigenvalue weighted by Gasteiger charge is -2.19. The first-order chi connectivity index (χ1) is 11.3. The molecule has 140 valence electrons. The number of aromatic carboxylic acids is 1. The first kappa shape index (κ1) is 20.8. The van der Waals surface area contributed by atoms with Crippen LogP contribution >= 0.6 is 0 Å². The minimum absolute atomic E-state index is 0.0164. The Labute approximate surface area is 145 Å². The van der Waals surface area contributed by atoms with Gasteiger partial charge >= 0.3 is 22.4 Å². The first-order valence-corrected chi connectivity index (χ1v) is 8.53. The Morgan fingerprint density at radius 3 is 2.36 bits per heavy atom. The molecular weight excluding hydrogens is 357 g/mol. The van der Waals surface area contributed by atoms with Gasteiger partial charge in [0, 0.05) is 12.1 Å². The van der Waals surface area contributed by atoms with Gasteiger partial charge in [0.15, 0.2) is 0 Å². The average Bonchev–Trinajstić information content (AvgIpc) is 2.38. The average molecular weight is 377 g/mol. The highest BCUT2D eigenvalue weighted by Crippen LogP contribution is 2.26. The molecular formula is C15H20FNO7S. The van der Waals surface area contributed by atoms with Crippen molar-refractivity contribution >= 4 is 22.4 Å². The highest BCUT2D eigenvalue weighted by Gasteiger charge is 2.19. The van der Waals surface area contributed by atoms with Crippen LogP contribution in [0.5, 0.6) is 5.75 Å². The van der Waals surface area contributed by atoms with Crippen molar-refractivity contribution in [3.8, 4) is 5.75 Å². The summed E-state index contributed by atoms with van der Waals surface area (Å²) in [5, 5.41) is 11.9. The molecule has 0 bridgehead atoms. The number of ether oxygens (including phenoxy) is 1. The van der Waals surface area contributed by atoms with Crippen molar-refractivity contribution in [2.24, 2.45) is 0 Å². The van der Waals surface area contributed by atoms with Crippen LogP contribution in [0.25, 0.3) is 0 Å². The molecule has 0 fully saturated rings. The fourth-order valence-corrected chi connectivity index (χ4v) is 2.34. The molecule has 0 amide bonds. The van der Waals surface area contributed by atoms with E-state index in [1.54, 1.807) is 20.8 Å². The van der Waals surface area contributed by atoms with E-state index >= 15 is 0 Å². The molecule has 0 unspecified atom stereocenters. The van der Waals surface area contributed by atoms with E-state index in [-0.39, 0.29) is 24.2 Å². The molecule has 1 aromatic carbocycles. The number of hydrogen-bond acceptors (Lipinski definition) is 7. The van der Waals surface area contributed by atoms with Crippen molar-refractivity contribution in [3.05, 3.63) is 28.8 Å². The molecule has 0 aliphatic heterocycles. The maximum absolute atomic E-state index is 12.8. The van der Waals surface area contributed by atoms with E-state index in [2.05, 4.69) is 9.50 Å². The second-order valence-corrected chi connectivity index (χ2v) is 7.19. The van der Waals surface area contributed by atoms with E-state index in [0.717, 1.165) is 0 Å². The summed E-state index contributed by atoms with van der Waals surface area (Å²) in [4.78, 5) is 22.8. The van der Waals surface area contributed by atoms with Crippen molar-refractivity contribution in [3.63, 3.8) is 0 Å². The maximum Gasteiger partial charge on any atom is 0.488 e. The van der Waals surface area contributed by atoms with E-state index in [1.807, 2.05) is 0 Å². The molecule has 0 saturated carbocycles. The quantitative estimate of drug-likeness (QED) is 0.544. The third kappa shape index (κ3) is 7.48. The van der Waals surface area contributed by atoms with Gasteiger partial charge in [-0.05, 0) is 45.4 Å². The Hall–Kier alpha value is -2.20. The van der Waals surface area contributed by atoms with Crippen molar-refractivity contribution in [2.45, 2.75) is 39.8 Å². The SMILES string of the molecule is Cc1c(OS(=O)(=O)F)cc(CNCC(=O)OC(C)(C)C)cc1C(=O)O. The molecule has 0 atom stereocenters. The zero-order valence-electron chi connectivity index (χ0n) is 14.3. The summed E-state index contributed by atoms with van der Waals surface area (Å²) in [5.41, 5.74) is -0.625. The molecule has 0 spiro atoms. The topological polar surface area (TPSA) is 119 Å². The number of esters is 1. The lowest BCUT2D eigenvalue weighted by atomic mass is 10.0. The molecule has 8 nitrogen and oxygen atoms in total. The summed E-state index contributed by atoms with van der Waals surface area (Å²) in [6, 6.07) is 2.46. The van der Waals surface area contributed by atoms with Gasteiger partial charge in [0.25, 0.3) is 0 Å². The van der Waals surface area contributed by atoms with Crippen LogP contribution in [0.1, 0.15) is 42.3 Å². The van der Waals surface area contributed by atoms with Gasteiger partial charge in [0.2, 0.25) is 0 Å². The van der Waals surface area contributed by atoms with Crippen LogP contribution in [0.2, 0.25) is 0 Å². The second kappa shape index (κ2) is 7.79. The van der Waals surface area contributed by atoms with Crippen molar-refractivity contribution < 1.29 is 35.9 Å². The molecule has 0 radical (unpaired) electrons. The van der Waals surface area contributed by atoms with E-state index in [1.165, 1.54) is 19.1 Å². The predicted molar refractivity (Wildman–Crippen MR) is 86.3 cm³/mol. The highest BCUT2D eigenvalue weighted by molar-refractivity contribution is 7.81. The predicted octanol–water partition coefficient (Wildman–Crippen LogP) is 1.72. The van der Waals surface area contributed by atoms with Gasteiger partial charge < -0.3 is 19.3 Å². The van der Waals surface area contributed by atoms with Crippen LogP contribution in [0.15, 0.2) is 12.1 Å². The van der Waals surface area contributed by atoms with Gasteiger partial charge in [-0.25, -0.2) is 4.79 Å². The molecule has 25 heavy (non-hydrogen) atoms. The largest absolute Gasteiger partial charge is 0.488 e.